The van der Waals surface area contributed by atoms with E-state index in [2.05, 4.69) is 0 Å². The van der Waals surface area contributed by atoms with Crippen LogP contribution in [0.2, 0.25) is 0 Å². The molecule has 0 atom stereocenters. The van der Waals surface area contributed by atoms with Gasteiger partial charge in [0, 0.05) is 25.6 Å². The predicted molar refractivity (Wildman–Crippen MR) is 69.7 cm³/mol. The summed E-state index contributed by atoms with van der Waals surface area (Å²) >= 11 is 0. The summed E-state index contributed by atoms with van der Waals surface area (Å²) in [6, 6.07) is 3.30. The summed E-state index contributed by atoms with van der Waals surface area (Å²) in [5, 5.41) is 8.93. The lowest BCUT2D eigenvalue weighted by atomic mass is 10.1. The van der Waals surface area contributed by atoms with Crippen LogP contribution in [0.15, 0.2) is 17.0 Å². The van der Waals surface area contributed by atoms with Gasteiger partial charge in [0.15, 0.2) is 0 Å². The molecule has 0 radical (unpaired) electrons. The van der Waals surface area contributed by atoms with E-state index in [4.69, 9.17) is 10.8 Å². The topological polar surface area (TPSA) is 83.6 Å². The van der Waals surface area contributed by atoms with Crippen LogP contribution >= 0.6 is 0 Å². The van der Waals surface area contributed by atoms with Gasteiger partial charge in [-0.05, 0) is 37.1 Å². The van der Waals surface area contributed by atoms with Crippen LogP contribution in [0.3, 0.4) is 0 Å². The van der Waals surface area contributed by atoms with Gasteiger partial charge in [-0.1, -0.05) is 0 Å². The number of aliphatic hydroxyl groups excluding tert-OH is 1. The van der Waals surface area contributed by atoms with Crippen LogP contribution in [0.25, 0.3) is 0 Å². The van der Waals surface area contributed by atoms with Gasteiger partial charge < -0.3 is 10.8 Å². The molecule has 6 heteroatoms. The van der Waals surface area contributed by atoms with Gasteiger partial charge >= 0.3 is 0 Å². The smallest absolute Gasteiger partial charge is 0.245 e. The van der Waals surface area contributed by atoms with Gasteiger partial charge in [-0.15, -0.1) is 0 Å². The Bertz CT molecular complexity index is 563. The van der Waals surface area contributed by atoms with E-state index in [-0.39, 0.29) is 23.1 Å². The van der Waals surface area contributed by atoms with Gasteiger partial charge in [0.25, 0.3) is 0 Å². The first kappa shape index (κ1) is 13.3. The van der Waals surface area contributed by atoms with Crippen molar-refractivity contribution in [2.75, 3.05) is 25.4 Å². The molecule has 1 saturated heterocycles. The Morgan fingerprint density at radius 1 is 1.33 bits per heavy atom. The number of benzene rings is 1. The molecule has 1 aliphatic heterocycles. The summed E-state index contributed by atoms with van der Waals surface area (Å²) in [5.74, 6) is 0.0487. The van der Waals surface area contributed by atoms with Gasteiger partial charge in [0.2, 0.25) is 10.0 Å². The van der Waals surface area contributed by atoms with Crippen molar-refractivity contribution in [2.24, 2.45) is 5.92 Å². The van der Waals surface area contributed by atoms with Gasteiger partial charge in [-0.2, -0.15) is 4.31 Å². The highest BCUT2D eigenvalue weighted by Crippen LogP contribution is 2.29. The molecule has 1 aromatic carbocycles. The van der Waals surface area contributed by atoms with Crippen molar-refractivity contribution in [2.45, 2.75) is 18.7 Å². The van der Waals surface area contributed by atoms with Crippen LogP contribution in [0.1, 0.15) is 11.1 Å². The Labute approximate surface area is 107 Å². The third-order valence-electron chi connectivity index (χ3n) is 3.43. The van der Waals surface area contributed by atoms with Crippen LogP contribution in [0.5, 0.6) is 0 Å². The van der Waals surface area contributed by atoms with Crippen molar-refractivity contribution in [3.8, 4) is 0 Å². The predicted octanol–water partition coefficient (Wildman–Crippen LogP) is 0.498. The Morgan fingerprint density at radius 3 is 2.44 bits per heavy atom. The maximum atomic E-state index is 12.3. The molecule has 1 fully saturated rings. The molecule has 2 rings (SSSR count). The molecule has 18 heavy (non-hydrogen) atoms. The normalized spacial score (nSPS) is 17.7. The third kappa shape index (κ3) is 2.11. The molecule has 3 N–H and O–H groups in total. The summed E-state index contributed by atoms with van der Waals surface area (Å²) in [6.07, 6.45) is 0. The zero-order valence-electron chi connectivity index (χ0n) is 10.5. The Kier molecular flexibility index (Phi) is 3.35. The lowest BCUT2D eigenvalue weighted by Gasteiger charge is -2.37. The first-order valence-corrected chi connectivity index (χ1v) is 7.28. The minimum Gasteiger partial charge on any atom is -0.398 e. The lowest BCUT2D eigenvalue weighted by molar-refractivity contribution is 0.117. The molecule has 0 unspecified atom stereocenters. The fourth-order valence-electron chi connectivity index (χ4n) is 2.01. The van der Waals surface area contributed by atoms with E-state index >= 15 is 0 Å². The number of rotatable bonds is 3. The maximum absolute atomic E-state index is 12.3. The first-order chi connectivity index (χ1) is 8.36. The van der Waals surface area contributed by atoms with Crippen LogP contribution < -0.4 is 5.73 Å². The molecule has 1 aliphatic rings. The zero-order chi connectivity index (χ0) is 13.5. The van der Waals surface area contributed by atoms with Crippen LogP contribution in [0.4, 0.5) is 5.69 Å². The SMILES string of the molecule is Cc1cc(N)c(S(=O)(=O)N2CC(CO)C2)cc1C. The number of anilines is 1. The van der Waals surface area contributed by atoms with Crippen LogP contribution in [-0.4, -0.2) is 37.5 Å². The van der Waals surface area contributed by atoms with Crippen molar-refractivity contribution in [1.82, 2.24) is 4.31 Å². The Hall–Kier alpha value is -1.11. The molecule has 0 spiro atoms. The summed E-state index contributed by atoms with van der Waals surface area (Å²) in [5.41, 5.74) is 7.97. The summed E-state index contributed by atoms with van der Waals surface area (Å²) in [7, 11) is -3.52. The number of sulfonamides is 1. The largest absolute Gasteiger partial charge is 0.398 e. The second-order valence-corrected chi connectivity index (χ2v) is 6.75. The highest BCUT2D eigenvalue weighted by Gasteiger charge is 2.37. The number of nitrogens with zero attached hydrogens (tertiary/aromatic N) is 1. The molecule has 0 saturated carbocycles. The van der Waals surface area contributed by atoms with E-state index in [0.717, 1.165) is 11.1 Å². The molecule has 0 bridgehead atoms. The third-order valence-corrected chi connectivity index (χ3v) is 5.31. The van der Waals surface area contributed by atoms with Gasteiger partial charge in [0.05, 0.1) is 5.69 Å². The van der Waals surface area contributed by atoms with Gasteiger partial charge in [-0.3, -0.25) is 0 Å². The standard InChI is InChI=1S/C12H18N2O3S/c1-8-3-11(13)12(4-9(8)2)18(16,17)14-5-10(6-14)7-15/h3-4,10,15H,5-7,13H2,1-2H3. The fourth-order valence-corrected chi connectivity index (χ4v) is 3.78. The highest BCUT2D eigenvalue weighted by atomic mass is 32.2. The number of nitrogens with two attached hydrogens (primary N) is 1. The van der Waals surface area contributed by atoms with Gasteiger partial charge in [0.1, 0.15) is 4.90 Å². The number of aryl methyl sites for hydroxylation is 2. The molecule has 100 valence electrons. The fraction of sp³-hybridized carbons (Fsp3) is 0.500. The second kappa shape index (κ2) is 4.53. The molecule has 0 aromatic heterocycles. The molecule has 0 aliphatic carbocycles. The summed E-state index contributed by atoms with van der Waals surface area (Å²) in [4.78, 5) is 0.169. The van der Waals surface area contributed by atoms with E-state index in [9.17, 15) is 8.42 Å². The van der Waals surface area contributed by atoms with Crippen molar-refractivity contribution in [3.63, 3.8) is 0 Å². The quantitative estimate of drug-likeness (QED) is 0.783. The molecular weight excluding hydrogens is 252 g/mol. The van der Waals surface area contributed by atoms with E-state index < -0.39 is 10.0 Å². The Morgan fingerprint density at radius 2 is 1.89 bits per heavy atom. The Balaban J connectivity index is 2.34. The summed E-state index contributed by atoms with van der Waals surface area (Å²) < 4.78 is 26.0. The van der Waals surface area contributed by atoms with E-state index in [0.29, 0.717) is 13.1 Å². The first-order valence-electron chi connectivity index (χ1n) is 5.84. The average molecular weight is 270 g/mol. The molecule has 1 aromatic rings. The van der Waals surface area contributed by atoms with Crippen molar-refractivity contribution in [3.05, 3.63) is 23.3 Å². The minimum absolute atomic E-state index is 0.0222. The number of nitrogen functional groups attached to an aromatic ring is 1. The number of aliphatic hydroxyl groups is 1. The molecular formula is C12H18N2O3S. The van der Waals surface area contributed by atoms with Crippen LogP contribution in [-0.2, 0) is 10.0 Å². The van der Waals surface area contributed by atoms with Gasteiger partial charge in [-0.25, -0.2) is 8.42 Å². The van der Waals surface area contributed by atoms with Crippen molar-refractivity contribution >= 4 is 15.7 Å². The average Bonchev–Trinajstić information content (AvgIpc) is 2.21. The zero-order valence-corrected chi connectivity index (χ0v) is 11.4. The van der Waals surface area contributed by atoms with Crippen molar-refractivity contribution in [1.29, 1.82) is 0 Å². The van der Waals surface area contributed by atoms with Crippen molar-refractivity contribution < 1.29 is 13.5 Å². The summed E-state index contributed by atoms with van der Waals surface area (Å²) in [6.45, 7) is 4.51. The highest BCUT2D eigenvalue weighted by molar-refractivity contribution is 7.89. The molecule has 0 amide bonds. The maximum Gasteiger partial charge on any atom is 0.245 e. The molecule has 1 heterocycles. The monoisotopic (exact) mass is 270 g/mol. The lowest BCUT2D eigenvalue weighted by Crippen LogP contribution is -2.51. The second-order valence-electron chi connectivity index (χ2n) is 4.84. The minimum atomic E-state index is -3.52. The van der Waals surface area contributed by atoms with Crippen LogP contribution in [0, 0.1) is 19.8 Å². The number of hydrogen-bond donors (Lipinski definition) is 2. The number of hydrogen-bond acceptors (Lipinski definition) is 4. The van der Waals surface area contributed by atoms with E-state index in [1.807, 2.05) is 13.8 Å². The van der Waals surface area contributed by atoms with E-state index in [1.165, 1.54) is 4.31 Å². The molecule has 5 nitrogen and oxygen atoms in total. The van der Waals surface area contributed by atoms with E-state index in [1.54, 1.807) is 12.1 Å².